The quantitative estimate of drug-likeness (QED) is 0.818. The molecular weight excluding hydrogens is 356 g/mol. The lowest BCUT2D eigenvalue weighted by Gasteiger charge is -2.36. The number of imidazole rings is 1. The van der Waals surface area contributed by atoms with Crippen LogP contribution in [0.1, 0.15) is 31.5 Å². The van der Waals surface area contributed by atoms with Crippen LogP contribution in [0.2, 0.25) is 0 Å². The number of hydrogen-bond acceptors (Lipinski definition) is 5. The summed E-state index contributed by atoms with van der Waals surface area (Å²) in [4.78, 5) is 36.8. The fourth-order valence-electron chi connectivity index (χ4n) is 4.39. The molecule has 28 heavy (non-hydrogen) atoms. The molecule has 0 spiro atoms. The van der Waals surface area contributed by atoms with Crippen LogP contribution < -0.4 is 0 Å². The number of hydrogen-bond donors (Lipinski definition) is 1. The van der Waals surface area contributed by atoms with Crippen LogP contribution in [0, 0.1) is 11.8 Å². The Kier molecular flexibility index (Phi) is 5.62. The largest absolute Gasteiger partial charge is 0.469 e. The first-order chi connectivity index (χ1) is 13.6. The summed E-state index contributed by atoms with van der Waals surface area (Å²) < 4.78 is 4.83. The average molecular weight is 384 g/mol. The van der Waals surface area contributed by atoms with Gasteiger partial charge in [-0.1, -0.05) is 12.1 Å². The van der Waals surface area contributed by atoms with Crippen LogP contribution in [0.5, 0.6) is 0 Å². The molecule has 2 aliphatic rings. The van der Waals surface area contributed by atoms with Gasteiger partial charge in [-0.05, 0) is 50.9 Å². The lowest BCUT2D eigenvalue weighted by molar-refractivity contribution is -0.150. The van der Waals surface area contributed by atoms with E-state index in [4.69, 9.17) is 4.74 Å². The molecule has 2 aromatic rings. The number of aromatic amines is 1. The molecule has 150 valence electrons. The van der Waals surface area contributed by atoms with E-state index in [9.17, 15) is 9.59 Å². The maximum absolute atomic E-state index is 12.9. The van der Waals surface area contributed by atoms with Gasteiger partial charge >= 0.3 is 5.97 Å². The number of aromatic nitrogens is 2. The number of ether oxygens (including phenoxy) is 1. The molecule has 7 heteroatoms. The Morgan fingerprint density at radius 3 is 2.43 bits per heavy atom. The highest BCUT2D eigenvalue weighted by Gasteiger charge is 2.33. The maximum atomic E-state index is 12.9. The van der Waals surface area contributed by atoms with Crippen LogP contribution in [0.4, 0.5) is 0 Å². The molecule has 0 saturated carbocycles. The van der Waals surface area contributed by atoms with Crippen LogP contribution in [0.25, 0.3) is 11.0 Å². The number of para-hydroxylation sites is 2. The second-order valence-corrected chi connectivity index (χ2v) is 7.87. The third-order valence-electron chi connectivity index (χ3n) is 6.09. The Balaban J connectivity index is 1.26. The molecular formula is C21H28N4O3. The number of nitrogens with zero attached hydrogens (tertiary/aromatic N) is 3. The summed E-state index contributed by atoms with van der Waals surface area (Å²) in [5, 5.41) is 0. The molecule has 3 heterocycles. The molecule has 0 aliphatic carbocycles. The van der Waals surface area contributed by atoms with Gasteiger partial charge in [-0.2, -0.15) is 0 Å². The van der Waals surface area contributed by atoms with Gasteiger partial charge in [0.05, 0.1) is 30.6 Å². The molecule has 1 aromatic heterocycles. The summed E-state index contributed by atoms with van der Waals surface area (Å²) in [6.07, 6.45) is 3.19. The summed E-state index contributed by atoms with van der Waals surface area (Å²) in [6, 6.07) is 8.07. The minimum atomic E-state index is -0.147. The highest BCUT2D eigenvalue weighted by Crippen LogP contribution is 2.25. The number of methoxy groups -OCH3 is 1. The van der Waals surface area contributed by atoms with E-state index in [2.05, 4.69) is 14.9 Å². The van der Waals surface area contributed by atoms with Gasteiger partial charge < -0.3 is 14.6 Å². The van der Waals surface area contributed by atoms with Gasteiger partial charge in [-0.3, -0.25) is 14.5 Å². The Labute approximate surface area is 165 Å². The molecule has 0 radical (unpaired) electrons. The first-order valence-electron chi connectivity index (χ1n) is 10.2. The van der Waals surface area contributed by atoms with E-state index in [1.165, 1.54) is 7.11 Å². The van der Waals surface area contributed by atoms with E-state index in [0.29, 0.717) is 25.9 Å². The first-order valence-corrected chi connectivity index (χ1v) is 10.2. The van der Waals surface area contributed by atoms with Crippen LogP contribution >= 0.6 is 0 Å². The number of H-pyrrole nitrogens is 1. The Morgan fingerprint density at radius 1 is 1.07 bits per heavy atom. The minimum absolute atomic E-state index is 0.0558. The zero-order valence-corrected chi connectivity index (χ0v) is 16.4. The highest BCUT2D eigenvalue weighted by atomic mass is 16.5. The normalized spacial score (nSPS) is 19.8. The number of carbonyl (C=O) groups excluding carboxylic acids is 2. The minimum Gasteiger partial charge on any atom is -0.469 e. The lowest BCUT2D eigenvalue weighted by Crippen LogP contribution is -2.46. The molecule has 1 aromatic carbocycles. The van der Waals surface area contributed by atoms with Gasteiger partial charge in [0.15, 0.2) is 0 Å². The fraction of sp³-hybridized carbons (Fsp3) is 0.571. The van der Waals surface area contributed by atoms with Gasteiger partial charge in [-0.25, -0.2) is 4.98 Å². The third-order valence-corrected chi connectivity index (χ3v) is 6.09. The molecule has 0 atom stereocenters. The zero-order chi connectivity index (χ0) is 19.5. The summed E-state index contributed by atoms with van der Waals surface area (Å²) in [5.41, 5.74) is 2.07. The van der Waals surface area contributed by atoms with Gasteiger partial charge in [-0.15, -0.1) is 0 Å². The molecule has 2 fully saturated rings. The van der Waals surface area contributed by atoms with E-state index >= 15 is 0 Å². The van der Waals surface area contributed by atoms with E-state index in [1.54, 1.807) is 0 Å². The predicted molar refractivity (Wildman–Crippen MR) is 105 cm³/mol. The van der Waals surface area contributed by atoms with Crippen LogP contribution in [-0.4, -0.2) is 64.9 Å². The predicted octanol–water partition coefficient (Wildman–Crippen LogP) is 2.19. The molecule has 0 unspecified atom stereocenters. The van der Waals surface area contributed by atoms with Crippen LogP contribution in [-0.2, 0) is 20.9 Å². The van der Waals surface area contributed by atoms with Crippen molar-refractivity contribution in [3.05, 3.63) is 30.1 Å². The Morgan fingerprint density at radius 2 is 1.75 bits per heavy atom. The summed E-state index contributed by atoms with van der Waals surface area (Å²) in [7, 11) is 1.43. The van der Waals surface area contributed by atoms with E-state index in [-0.39, 0.29) is 23.7 Å². The SMILES string of the molecule is COC(=O)C1CCN(C(=O)C2CCN(Cc3nc4ccccc4[nH]3)CC2)CC1. The number of piperidine rings is 2. The number of rotatable bonds is 4. The molecule has 7 nitrogen and oxygen atoms in total. The third kappa shape index (κ3) is 4.04. The van der Waals surface area contributed by atoms with Crippen molar-refractivity contribution < 1.29 is 14.3 Å². The summed E-state index contributed by atoms with van der Waals surface area (Å²) in [5.74, 6) is 1.13. The number of benzene rings is 1. The maximum Gasteiger partial charge on any atom is 0.308 e. The van der Waals surface area contributed by atoms with Crippen molar-refractivity contribution >= 4 is 22.9 Å². The van der Waals surface area contributed by atoms with Crippen molar-refractivity contribution in [3.8, 4) is 0 Å². The van der Waals surface area contributed by atoms with E-state index in [0.717, 1.165) is 49.3 Å². The molecule has 2 aliphatic heterocycles. The fourth-order valence-corrected chi connectivity index (χ4v) is 4.39. The highest BCUT2D eigenvalue weighted by molar-refractivity contribution is 5.79. The van der Waals surface area contributed by atoms with E-state index in [1.807, 2.05) is 29.2 Å². The number of nitrogens with one attached hydrogen (secondary N) is 1. The topological polar surface area (TPSA) is 78.5 Å². The smallest absolute Gasteiger partial charge is 0.308 e. The number of esters is 1. The molecule has 1 amide bonds. The van der Waals surface area contributed by atoms with Gasteiger partial charge in [0.1, 0.15) is 5.82 Å². The second kappa shape index (κ2) is 8.31. The number of carbonyl (C=O) groups is 2. The number of amides is 1. The Hall–Kier alpha value is -2.41. The summed E-state index contributed by atoms with van der Waals surface area (Å²) in [6.45, 7) is 3.94. The van der Waals surface area contributed by atoms with Crippen LogP contribution in [0.15, 0.2) is 24.3 Å². The molecule has 4 rings (SSSR count). The second-order valence-electron chi connectivity index (χ2n) is 7.87. The monoisotopic (exact) mass is 384 g/mol. The van der Waals surface area contributed by atoms with Crippen molar-refractivity contribution in [2.45, 2.75) is 32.2 Å². The molecule has 1 N–H and O–H groups in total. The van der Waals surface area contributed by atoms with Crippen molar-refractivity contribution in [3.63, 3.8) is 0 Å². The summed E-state index contributed by atoms with van der Waals surface area (Å²) >= 11 is 0. The number of fused-ring (bicyclic) bond motifs is 1. The average Bonchev–Trinajstić information content (AvgIpc) is 3.15. The van der Waals surface area contributed by atoms with Gasteiger partial charge in [0, 0.05) is 19.0 Å². The van der Waals surface area contributed by atoms with Crippen molar-refractivity contribution in [2.75, 3.05) is 33.3 Å². The van der Waals surface area contributed by atoms with Gasteiger partial charge in [0.25, 0.3) is 0 Å². The Bertz CT molecular complexity index is 800. The van der Waals surface area contributed by atoms with Crippen molar-refractivity contribution in [1.29, 1.82) is 0 Å². The van der Waals surface area contributed by atoms with Gasteiger partial charge in [0.2, 0.25) is 5.91 Å². The first kappa shape index (κ1) is 18.9. The van der Waals surface area contributed by atoms with Crippen molar-refractivity contribution in [1.82, 2.24) is 19.8 Å². The van der Waals surface area contributed by atoms with E-state index < -0.39 is 0 Å². The molecule has 0 bridgehead atoms. The zero-order valence-electron chi connectivity index (χ0n) is 16.4. The standard InChI is InChI=1S/C21H28N4O3/c1-28-21(27)16-8-12-25(13-9-16)20(26)15-6-10-24(11-7-15)14-19-22-17-4-2-3-5-18(17)23-19/h2-5,15-16H,6-14H2,1H3,(H,22,23). The molecule has 2 saturated heterocycles. The van der Waals surface area contributed by atoms with Crippen LogP contribution in [0.3, 0.4) is 0 Å². The number of likely N-dealkylation sites (tertiary alicyclic amines) is 2. The lowest BCUT2D eigenvalue weighted by atomic mass is 9.92. The van der Waals surface area contributed by atoms with Crippen molar-refractivity contribution in [2.24, 2.45) is 11.8 Å².